The zero-order valence-corrected chi connectivity index (χ0v) is 21.4. The van der Waals surface area contributed by atoms with Crippen molar-refractivity contribution >= 4 is 52.5 Å². The van der Waals surface area contributed by atoms with Crippen molar-refractivity contribution in [2.75, 3.05) is 17.2 Å². The zero-order valence-electron chi connectivity index (χ0n) is 19.9. The highest BCUT2D eigenvalue weighted by Crippen LogP contribution is 2.61. The first-order chi connectivity index (χ1) is 18.5. The summed E-state index contributed by atoms with van der Waals surface area (Å²) in [5, 5.41) is 15.6. The molecule has 3 N–H and O–H groups in total. The lowest BCUT2D eigenvalue weighted by atomic mass is 9.73. The third kappa shape index (κ3) is 3.87. The van der Waals surface area contributed by atoms with E-state index < -0.39 is 60.1 Å². The van der Waals surface area contributed by atoms with E-state index in [1.165, 1.54) is 24.5 Å². The average molecular weight is 574 g/mol. The normalized spacial score (nSPS) is 26.8. The molecule has 4 atom stereocenters. The summed E-state index contributed by atoms with van der Waals surface area (Å²) in [6, 6.07) is 10.6. The summed E-state index contributed by atoms with van der Waals surface area (Å²) in [6.45, 7) is -0.923. The number of carboxylic acid groups (broad SMARTS) is 1. The van der Waals surface area contributed by atoms with E-state index >= 15 is 0 Å². The maximum Gasteiger partial charge on any atom is 0.310 e. The molecule has 0 unspecified atom stereocenters. The standard InChI is InChI=1S/C26H19Cl2F2N5O4/c27-13-6-14-21(15(28)7-13)34-24(39)26(14)20(23(37)38)19(17-8-25(29,30)11-35(17)26)22(36)33-18-10-31-16(9-32-18)12-4-2-1-3-5-12/h1-7,9-10,17,19-20H,8,11H2,(H,34,39)(H,37,38)(H,32,33,36)/t17-,19+,20-,26+/m1/s1. The molecule has 0 saturated carbocycles. The van der Waals surface area contributed by atoms with E-state index in [1.807, 2.05) is 30.3 Å². The molecular formula is C26H19Cl2F2N5O4. The van der Waals surface area contributed by atoms with Gasteiger partial charge in [0.25, 0.3) is 11.8 Å². The molecule has 0 bridgehead atoms. The van der Waals surface area contributed by atoms with Crippen molar-refractivity contribution in [3.63, 3.8) is 0 Å². The van der Waals surface area contributed by atoms with Crippen molar-refractivity contribution < 1.29 is 28.3 Å². The van der Waals surface area contributed by atoms with E-state index in [-0.39, 0.29) is 27.1 Å². The molecule has 39 heavy (non-hydrogen) atoms. The Kier molecular flexibility index (Phi) is 5.87. The Morgan fingerprint density at radius 2 is 1.87 bits per heavy atom. The smallest absolute Gasteiger partial charge is 0.310 e. The van der Waals surface area contributed by atoms with Crippen molar-refractivity contribution in [1.82, 2.24) is 14.9 Å². The van der Waals surface area contributed by atoms with E-state index in [0.717, 1.165) is 10.5 Å². The summed E-state index contributed by atoms with van der Waals surface area (Å²) < 4.78 is 29.7. The van der Waals surface area contributed by atoms with Crippen molar-refractivity contribution in [1.29, 1.82) is 0 Å². The Hall–Kier alpha value is -3.67. The first-order valence-electron chi connectivity index (χ1n) is 11.9. The fourth-order valence-electron chi connectivity index (χ4n) is 6.16. The van der Waals surface area contributed by atoms with Crippen LogP contribution >= 0.6 is 23.2 Å². The number of hydrogen-bond acceptors (Lipinski definition) is 6. The van der Waals surface area contributed by atoms with Gasteiger partial charge in [0, 0.05) is 28.6 Å². The van der Waals surface area contributed by atoms with Crippen LogP contribution in [-0.2, 0) is 19.9 Å². The number of alkyl halides is 2. The molecule has 200 valence electrons. The van der Waals surface area contributed by atoms with Gasteiger partial charge >= 0.3 is 5.97 Å². The second-order valence-corrected chi connectivity index (χ2v) is 10.6. The Balaban J connectivity index is 1.41. The van der Waals surface area contributed by atoms with E-state index in [0.29, 0.717) is 5.69 Å². The van der Waals surface area contributed by atoms with Crippen LogP contribution in [0.4, 0.5) is 20.3 Å². The average Bonchev–Trinajstić information content (AvgIpc) is 3.46. The largest absolute Gasteiger partial charge is 0.481 e. The highest BCUT2D eigenvalue weighted by molar-refractivity contribution is 6.38. The number of nitrogens with one attached hydrogen (secondary N) is 2. The number of fused-ring (bicyclic) bond motifs is 4. The van der Waals surface area contributed by atoms with Crippen LogP contribution in [0.3, 0.4) is 0 Å². The van der Waals surface area contributed by atoms with E-state index in [2.05, 4.69) is 20.6 Å². The van der Waals surface area contributed by atoms with Crippen molar-refractivity contribution in [3.05, 3.63) is 70.5 Å². The molecular weight excluding hydrogens is 555 g/mol. The molecule has 2 saturated heterocycles. The summed E-state index contributed by atoms with van der Waals surface area (Å²) in [6.07, 6.45) is 1.90. The Bertz CT molecular complexity index is 1520. The molecule has 3 aliphatic rings. The van der Waals surface area contributed by atoms with Crippen molar-refractivity contribution in [2.45, 2.75) is 23.9 Å². The van der Waals surface area contributed by atoms with Gasteiger partial charge in [-0.05, 0) is 12.1 Å². The number of rotatable bonds is 4. The van der Waals surface area contributed by atoms with Crippen LogP contribution in [-0.4, -0.2) is 56.3 Å². The van der Waals surface area contributed by atoms with Crippen LogP contribution in [0.2, 0.25) is 10.0 Å². The molecule has 3 aromatic rings. The number of carbonyl (C=O) groups is 3. The maximum atomic E-state index is 14.8. The highest BCUT2D eigenvalue weighted by Gasteiger charge is 2.74. The van der Waals surface area contributed by atoms with Crippen LogP contribution in [0.1, 0.15) is 12.0 Å². The predicted octanol–water partition coefficient (Wildman–Crippen LogP) is 4.28. The number of benzene rings is 2. The molecule has 9 nitrogen and oxygen atoms in total. The van der Waals surface area contributed by atoms with Crippen LogP contribution in [0.25, 0.3) is 11.3 Å². The quantitative estimate of drug-likeness (QED) is 0.425. The molecule has 0 radical (unpaired) electrons. The summed E-state index contributed by atoms with van der Waals surface area (Å²) in [4.78, 5) is 49.6. The van der Waals surface area contributed by atoms with Crippen molar-refractivity contribution in [3.8, 4) is 11.3 Å². The number of anilines is 2. The molecule has 2 aromatic carbocycles. The number of amides is 2. The van der Waals surface area contributed by atoms with Gasteiger partial charge in [-0.2, -0.15) is 0 Å². The maximum absolute atomic E-state index is 14.8. The Morgan fingerprint density at radius 1 is 1.13 bits per heavy atom. The van der Waals surface area contributed by atoms with Gasteiger partial charge in [-0.25, -0.2) is 13.8 Å². The number of nitrogens with zero attached hydrogens (tertiary/aromatic N) is 3. The van der Waals surface area contributed by atoms with Gasteiger partial charge < -0.3 is 15.7 Å². The number of halogens is 4. The lowest BCUT2D eigenvalue weighted by molar-refractivity contribution is -0.153. The fraction of sp³-hybridized carbons (Fsp3) is 0.269. The Labute approximate surface area is 230 Å². The molecule has 6 rings (SSSR count). The van der Waals surface area contributed by atoms with Gasteiger partial charge in [-0.15, -0.1) is 0 Å². The minimum absolute atomic E-state index is 0.00318. The van der Waals surface area contributed by atoms with Crippen LogP contribution in [0.5, 0.6) is 0 Å². The van der Waals surface area contributed by atoms with E-state index in [9.17, 15) is 28.3 Å². The molecule has 1 aromatic heterocycles. The van der Waals surface area contributed by atoms with Crippen LogP contribution in [0, 0.1) is 11.8 Å². The highest BCUT2D eigenvalue weighted by atomic mass is 35.5. The summed E-state index contributed by atoms with van der Waals surface area (Å²) in [5.41, 5.74) is -0.687. The van der Waals surface area contributed by atoms with Gasteiger partial charge in [-0.3, -0.25) is 24.3 Å². The molecule has 4 heterocycles. The summed E-state index contributed by atoms with van der Waals surface area (Å²) in [5.74, 6) is -9.78. The van der Waals surface area contributed by atoms with Gasteiger partial charge in [0.15, 0.2) is 5.82 Å². The molecule has 13 heteroatoms. The molecule has 0 aliphatic carbocycles. The number of hydrogen-bond donors (Lipinski definition) is 3. The first kappa shape index (κ1) is 25.6. The number of aromatic nitrogens is 2. The first-order valence-corrected chi connectivity index (χ1v) is 12.7. The van der Waals surface area contributed by atoms with Crippen LogP contribution in [0.15, 0.2) is 54.9 Å². The van der Waals surface area contributed by atoms with E-state index in [1.54, 1.807) is 0 Å². The van der Waals surface area contributed by atoms with Crippen LogP contribution < -0.4 is 10.6 Å². The second-order valence-electron chi connectivity index (χ2n) is 9.77. The number of aliphatic carboxylic acids is 1. The fourth-order valence-corrected chi connectivity index (χ4v) is 6.70. The topological polar surface area (TPSA) is 125 Å². The third-order valence-electron chi connectivity index (χ3n) is 7.58. The minimum Gasteiger partial charge on any atom is -0.481 e. The van der Waals surface area contributed by atoms with E-state index in [4.69, 9.17) is 23.2 Å². The molecule has 2 fully saturated rings. The van der Waals surface area contributed by atoms with Gasteiger partial charge in [0.1, 0.15) is 11.5 Å². The lowest BCUT2D eigenvalue weighted by Gasteiger charge is -2.35. The lowest BCUT2D eigenvalue weighted by Crippen LogP contribution is -2.54. The SMILES string of the molecule is O=C(Nc1cnc(-c2ccccc2)cn1)[C@H]1[C@H]2CC(F)(F)CN2[C@]2(C(=O)Nc3c(Cl)cc(Cl)cc32)[C@H]1C(=O)O. The summed E-state index contributed by atoms with van der Waals surface area (Å²) in [7, 11) is 0. The summed E-state index contributed by atoms with van der Waals surface area (Å²) >= 11 is 12.5. The second kappa shape index (κ2) is 8.94. The Morgan fingerprint density at radius 3 is 2.54 bits per heavy atom. The monoisotopic (exact) mass is 573 g/mol. The van der Waals surface area contributed by atoms with Crippen molar-refractivity contribution in [2.24, 2.45) is 11.8 Å². The zero-order chi connectivity index (χ0) is 27.7. The predicted molar refractivity (Wildman–Crippen MR) is 138 cm³/mol. The van der Waals surface area contributed by atoms with Gasteiger partial charge in [0.2, 0.25) is 5.91 Å². The third-order valence-corrected chi connectivity index (χ3v) is 8.09. The molecule has 3 aliphatic heterocycles. The van der Waals surface area contributed by atoms with Gasteiger partial charge in [-0.1, -0.05) is 53.5 Å². The van der Waals surface area contributed by atoms with Gasteiger partial charge in [0.05, 0.1) is 41.3 Å². The molecule has 1 spiro atoms. The number of carboxylic acids is 1. The number of carbonyl (C=O) groups excluding carboxylic acids is 2. The minimum atomic E-state index is -3.28. The molecule has 2 amide bonds.